The van der Waals surface area contributed by atoms with Crippen molar-refractivity contribution in [1.82, 2.24) is 10.3 Å². The van der Waals surface area contributed by atoms with Gasteiger partial charge in [0.2, 0.25) is 0 Å². The van der Waals surface area contributed by atoms with Gasteiger partial charge in [0.1, 0.15) is 16.5 Å². The van der Waals surface area contributed by atoms with Gasteiger partial charge < -0.3 is 10.1 Å². The Morgan fingerprint density at radius 3 is 2.70 bits per heavy atom. The SMILES string of the molecule is COc1cncc(NS(=O)(=O)c2ccccc2C(=O)NCc2cccc(Cl)c2F)c1. The molecule has 0 aliphatic rings. The highest BCUT2D eigenvalue weighted by atomic mass is 35.5. The van der Waals surface area contributed by atoms with Gasteiger partial charge in [0.25, 0.3) is 15.9 Å². The zero-order chi connectivity index (χ0) is 21.7. The summed E-state index contributed by atoms with van der Waals surface area (Å²) >= 11 is 5.74. The van der Waals surface area contributed by atoms with E-state index >= 15 is 0 Å². The molecule has 0 aliphatic heterocycles. The number of benzene rings is 2. The fraction of sp³-hybridized carbons (Fsp3) is 0.100. The molecule has 0 saturated heterocycles. The van der Waals surface area contributed by atoms with Crippen molar-refractivity contribution in [1.29, 1.82) is 0 Å². The highest BCUT2D eigenvalue weighted by Crippen LogP contribution is 2.22. The number of sulfonamides is 1. The lowest BCUT2D eigenvalue weighted by atomic mass is 10.2. The van der Waals surface area contributed by atoms with Crippen molar-refractivity contribution in [3.05, 3.63) is 82.9 Å². The van der Waals surface area contributed by atoms with Crippen molar-refractivity contribution in [2.45, 2.75) is 11.4 Å². The summed E-state index contributed by atoms with van der Waals surface area (Å²) in [7, 11) is -2.69. The van der Waals surface area contributed by atoms with Crippen LogP contribution in [0.5, 0.6) is 5.75 Å². The van der Waals surface area contributed by atoms with Crippen LogP contribution in [-0.2, 0) is 16.6 Å². The molecule has 0 atom stereocenters. The van der Waals surface area contributed by atoms with Crippen LogP contribution < -0.4 is 14.8 Å². The number of carbonyl (C=O) groups excluding carboxylic acids is 1. The Balaban J connectivity index is 1.83. The number of anilines is 1. The molecule has 2 aromatic carbocycles. The number of carbonyl (C=O) groups is 1. The predicted molar refractivity (Wildman–Crippen MR) is 111 cm³/mol. The van der Waals surface area contributed by atoms with Gasteiger partial charge >= 0.3 is 0 Å². The van der Waals surface area contributed by atoms with Gasteiger partial charge in [-0.15, -0.1) is 0 Å². The molecule has 1 heterocycles. The average molecular weight is 450 g/mol. The van der Waals surface area contributed by atoms with Crippen LogP contribution in [0.15, 0.2) is 65.8 Å². The fourth-order valence-corrected chi connectivity index (χ4v) is 4.07. The molecular weight excluding hydrogens is 433 g/mol. The summed E-state index contributed by atoms with van der Waals surface area (Å²) in [5, 5.41) is 2.45. The van der Waals surface area contributed by atoms with Crippen LogP contribution in [0, 0.1) is 5.82 Å². The van der Waals surface area contributed by atoms with E-state index in [9.17, 15) is 17.6 Å². The number of methoxy groups -OCH3 is 1. The van der Waals surface area contributed by atoms with Gasteiger partial charge in [0.05, 0.1) is 35.8 Å². The Morgan fingerprint density at radius 2 is 1.93 bits per heavy atom. The Labute approximate surface area is 177 Å². The fourth-order valence-electron chi connectivity index (χ4n) is 2.64. The highest BCUT2D eigenvalue weighted by Gasteiger charge is 2.22. The van der Waals surface area contributed by atoms with Crippen LogP contribution in [0.2, 0.25) is 5.02 Å². The number of pyridine rings is 1. The number of rotatable bonds is 7. The summed E-state index contributed by atoms with van der Waals surface area (Å²) < 4.78 is 47.1. The van der Waals surface area contributed by atoms with Gasteiger partial charge in [-0.25, -0.2) is 12.8 Å². The monoisotopic (exact) mass is 449 g/mol. The molecule has 30 heavy (non-hydrogen) atoms. The molecule has 2 N–H and O–H groups in total. The second-order valence-corrected chi connectivity index (χ2v) is 8.17. The van der Waals surface area contributed by atoms with E-state index in [1.807, 2.05) is 0 Å². The molecule has 0 unspecified atom stereocenters. The van der Waals surface area contributed by atoms with E-state index < -0.39 is 21.7 Å². The summed E-state index contributed by atoms with van der Waals surface area (Å²) in [6.07, 6.45) is 2.73. The van der Waals surface area contributed by atoms with E-state index in [2.05, 4.69) is 15.0 Å². The third-order valence-electron chi connectivity index (χ3n) is 4.09. The molecule has 3 aromatic rings. The Kier molecular flexibility index (Phi) is 6.53. The van der Waals surface area contributed by atoms with E-state index in [0.717, 1.165) is 0 Å². The van der Waals surface area contributed by atoms with Crippen LogP contribution in [0.4, 0.5) is 10.1 Å². The molecule has 7 nitrogen and oxygen atoms in total. The second kappa shape index (κ2) is 9.10. The first kappa shape index (κ1) is 21.5. The molecule has 0 aliphatic carbocycles. The number of halogens is 2. The largest absolute Gasteiger partial charge is 0.495 e. The lowest BCUT2D eigenvalue weighted by Crippen LogP contribution is -2.26. The van der Waals surface area contributed by atoms with Gasteiger partial charge in [0.15, 0.2) is 0 Å². The average Bonchev–Trinajstić information content (AvgIpc) is 2.74. The lowest BCUT2D eigenvalue weighted by Gasteiger charge is -2.13. The molecule has 10 heteroatoms. The van der Waals surface area contributed by atoms with Crippen LogP contribution >= 0.6 is 11.6 Å². The van der Waals surface area contributed by atoms with Gasteiger partial charge in [-0.3, -0.25) is 14.5 Å². The Hall–Kier alpha value is -3.17. The first-order chi connectivity index (χ1) is 14.3. The number of amides is 1. The van der Waals surface area contributed by atoms with Gasteiger partial charge in [-0.05, 0) is 18.2 Å². The minimum Gasteiger partial charge on any atom is -0.495 e. The molecule has 0 bridgehead atoms. The summed E-state index contributed by atoms with van der Waals surface area (Å²) in [5.74, 6) is -0.962. The van der Waals surface area contributed by atoms with Crippen molar-refractivity contribution in [3.63, 3.8) is 0 Å². The van der Waals surface area contributed by atoms with Crippen LogP contribution in [0.25, 0.3) is 0 Å². The maximum absolute atomic E-state index is 14.0. The molecule has 0 saturated carbocycles. The number of hydrogen-bond acceptors (Lipinski definition) is 5. The standard InChI is InChI=1S/C20H17ClFN3O4S/c1-29-15-9-14(11-23-12-15)25-30(27,28)18-8-3-2-6-16(18)20(26)24-10-13-5-4-7-17(21)19(13)22/h2-9,11-12,25H,10H2,1H3,(H,24,26). The van der Waals surface area contributed by atoms with Crippen LogP contribution in [0.1, 0.15) is 15.9 Å². The number of hydrogen-bond donors (Lipinski definition) is 2. The second-order valence-electron chi connectivity index (χ2n) is 6.11. The summed E-state index contributed by atoms with van der Waals surface area (Å²) in [5.41, 5.74) is 0.255. The molecule has 0 fully saturated rings. The van der Waals surface area contributed by atoms with Gasteiger partial charge in [-0.1, -0.05) is 35.9 Å². The van der Waals surface area contributed by atoms with Crippen molar-refractivity contribution in [3.8, 4) is 5.75 Å². The minimum atomic E-state index is -4.11. The quantitative estimate of drug-likeness (QED) is 0.574. The molecule has 0 spiro atoms. The zero-order valence-electron chi connectivity index (χ0n) is 15.7. The van der Waals surface area contributed by atoms with E-state index in [-0.39, 0.29) is 33.3 Å². The van der Waals surface area contributed by atoms with Gasteiger partial charge in [0, 0.05) is 18.2 Å². The highest BCUT2D eigenvalue weighted by molar-refractivity contribution is 7.92. The number of ether oxygens (including phenoxy) is 1. The molecule has 1 amide bonds. The molecule has 1 aromatic heterocycles. The van der Waals surface area contributed by atoms with Crippen LogP contribution in [0.3, 0.4) is 0 Å². The summed E-state index contributed by atoms with van der Waals surface area (Å²) in [4.78, 5) is 16.3. The lowest BCUT2D eigenvalue weighted by molar-refractivity contribution is 0.0947. The topological polar surface area (TPSA) is 97.4 Å². The molecule has 0 radical (unpaired) electrons. The van der Waals surface area contributed by atoms with Crippen molar-refractivity contribution >= 4 is 33.2 Å². The number of aromatic nitrogens is 1. The number of nitrogens with one attached hydrogen (secondary N) is 2. The van der Waals surface area contributed by atoms with E-state index in [1.54, 1.807) is 6.07 Å². The summed E-state index contributed by atoms with van der Waals surface area (Å²) in [6, 6.07) is 11.6. The van der Waals surface area contributed by atoms with Crippen molar-refractivity contribution in [2.24, 2.45) is 0 Å². The number of nitrogens with zero attached hydrogens (tertiary/aromatic N) is 1. The first-order valence-corrected chi connectivity index (χ1v) is 10.5. The van der Waals surface area contributed by atoms with E-state index in [1.165, 1.54) is 62.0 Å². The summed E-state index contributed by atoms with van der Waals surface area (Å²) in [6.45, 7) is -0.160. The molecular formula is C20H17ClFN3O4S. The van der Waals surface area contributed by atoms with Crippen molar-refractivity contribution < 1.29 is 22.3 Å². The van der Waals surface area contributed by atoms with Crippen molar-refractivity contribution in [2.75, 3.05) is 11.8 Å². The third-order valence-corrected chi connectivity index (χ3v) is 5.82. The van der Waals surface area contributed by atoms with Crippen LogP contribution in [-0.4, -0.2) is 26.4 Å². The molecule has 3 rings (SSSR count). The Bertz CT molecular complexity index is 1190. The third kappa shape index (κ3) is 4.87. The smallest absolute Gasteiger partial charge is 0.262 e. The normalized spacial score (nSPS) is 11.0. The minimum absolute atomic E-state index is 0.0687. The van der Waals surface area contributed by atoms with E-state index in [4.69, 9.17) is 16.3 Å². The van der Waals surface area contributed by atoms with Gasteiger partial charge in [-0.2, -0.15) is 0 Å². The maximum atomic E-state index is 14.0. The predicted octanol–water partition coefficient (Wildman–Crippen LogP) is 3.61. The molecule has 156 valence electrons. The van der Waals surface area contributed by atoms with E-state index in [0.29, 0.717) is 5.75 Å². The Morgan fingerprint density at radius 1 is 1.17 bits per heavy atom. The zero-order valence-corrected chi connectivity index (χ0v) is 17.3. The maximum Gasteiger partial charge on any atom is 0.262 e. The first-order valence-electron chi connectivity index (χ1n) is 8.64.